The summed E-state index contributed by atoms with van der Waals surface area (Å²) >= 11 is 0. The molecule has 4 rings (SSSR count). The summed E-state index contributed by atoms with van der Waals surface area (Å²) in [6.07, 6.45) is 0. The minimum Gasteiger partial charge on any atom is -0.325 e. The number of nitrogens with one attached hydrogen (secondary N) is 1. The van der Waals surface area contributed by atoms with E-state index in [1.54, 1.807) is 30.3 Å². The van der Waals surface area contributed by atoms with Crippen molar-refractivity contribution in [3.8, 4) is 0 Å². The lowest BCUT2D eigenvalue weighted by Crippen LogP contribution is -2.49. The standard InChI is InChI=1S/C26H26F3N3O/c1-18-2-7-23(29)16-24(18)30-25(33)17-31-12-14-32(15-13-31)26(19-3-8-21(27)9-4-19)20-5-10-22(28)11-6-20/h2-11,16,26H,12-15,17H2,1H3,(H,30,33). The Kier molecular flexibility index (Phi) is 7.11. The van der Waals surface area contributed by atoms with Gasteiger partial charge in [0.05, 0.1) is 12.6 Å². The summed E-state index contributed by atoms with van der Waals surface area (Å²) in [6, 6.07) is 16.9. The highest BCUT2D eigenvalue weighted by Crippen LogP contribution is 2.30. The van der Waals surface area contributed by atoms with Crippen molar-refractivity contribution in [2.24, 2.45) is 0 Å². The predicted octanol–water partition coefficient (Wildman–Crippen LogP) is 4.76. The number of anilines is 1. The number of hydrogen-bond acceptors (Lipinski definition) is 3. The van der Waals surface area contributed by atoms with E-state index in [0.29, 0.717) is 31.9 Å². The lowest BCUT2D eigenvalue weighted by Gasteiger charge is -2.39. The van der Waals surface area contributed by atoms with Gasteiger partial charge in [-0.3, -0.25) is 14.6 Å². The van der Waals surface area contributed by atoms with Crippen LogP contribution >= 0.6 is 0 Å². The molecule has 0 spiro atoms. The van der Waals surface area contributed by atoms with Crippen molar-refractivity contribution in [1.29, 1.82) is 0 Å². The molecule has 1 N–H and O–H groups in total. The molecule has 1 heterocycles. The van der Waals surface area contributed by atoms with Crippen LogP contribution in [0.4, 0.5) is 18.9 Å². The minimum atomic E-state index is -0.392. The number of halogens is 3. The summed E-state index contributed by atoms with van der Waals surface area (Å²) in [7, 11) is 0. The maximum atomic E-state index is 13.5. The third kappa shape index (κ3) is 5.80. The van der Waals surface area contributed by atoms with Crippen molar-refractivity contribution in [3.05, 3.63) is 101 Å². The van der Waals surface area contributed by atoms with Gasteiger partial charge in [0.15, 0.2) is 0 Å². The summed E-state index contributed by atoms with van der Waals surface area (Å²) in [5.74, 6) is -1.19. The molecule has 3 aromatic rings. The van der Waals surface area contributed by atoms with Gasteiger partial charge in [-0.15, -0.1) is 0 Å². The molecule has 0 atom stereocenters. The molecular formula is C26H26F3N3O. The molecule has 0 radical (unpaired) electrons. The first-order chi connectivity index (χ1) is 15.9. The molecular weight excluding hydrogens is 427 g/mol. The van der Waals surface area contributed by atoms with E-state index in [1.807, 2.05) is 11.8 Å². The minimum absolute atomic E-state index is 0.142. The largest absolute Gasteiger partial charge is 0.325 e. The van der Waals surface area contributed by atoms with E-state index in [2.05, 4.69) is 10.2 Å². The van der Waals surface area contributed by atoms with E-state index >= 15 is 0 Å². The van der Waals surface area contributed by atoms with Crippen LogP contribution in [-0.2, 0) is 4.79 Å². The molecule has 0 unspecified atom stereocenters. The summed E-state index contributed by atoms with van der Waals surface area (Å²) in [5.41, 5.74) is 3.13. The SMILES string of the molecule is Cc1ccc(F)cc1NC(=O)CN1CCN(C(c2ccc(F)cc2)c2ccc(F)cc2)CC1. The molecule has 3 aromatic carbocycles. The van der Waals surface area contributed by atoms with Crippen LogP contribution < -0.4 is 5.32 Å². The number of nitrogens with zero attached hydrogens (tertiary/aromatic N) is 2. The van der Waals surface area contributed by atoms with Gasteiger partial charge in [0.1, 0.15) is 17.5 Å². The van der Waals surface area contributed by atoms with Crippen molar-refractivity contribution < 1.29 is 18.0 Å². The average Bonchev–Trinajstić information content (AvgIpc) is 2.80. The molecule has 1 saturated heterocycles. The van der Waals surface area contributed by atoms with Crippen LogP contribution in [0, 0.1) is 24.4 Å². The number of carbonyl (C=O) groups excluding carboxylic acids is 1. The fourth-order valence-electron chi connectivity index (χ4n) is 4.21. The third-order valence-electron chi connectivity index (χ3n) is 5.98. The zero-order valence-electron chi connectivity index (χ0n) is 18.4. The van der Waals surface area contributed by atoms with Crippen LogP contribution in [0.25, 0.3) is 0 Å². The molecule has 0 bridgehead atoms. The Labute approximate surface area is 191 Å². The van der Waals surface area contributed by atoms with Gasteiger partial charge in [0, 0.05) is 31.9 Å². The molecule has 1 amide bonds. The first kappa shape index (κ1) is 23.0. The second kappa shape index (κ2) is 10.2. The summed E-state index contributed by atoms with van der Waals surface area (Å²) < 4.78 is 40.5. The second-order valence-corrected chi connectivity index (χ2v) is 8.33. The highest BCUT2D eigenvalue weighted by molar-refractivity contribution is 5.92. The van der Waals surface area contributed by atoms with Crippen molar-refractivity contribution in [1.82, 2.24) is 9.80 Å². The Bertz CT molecular complexity index is 1050. The molecule has 172 valence electrons. The molecule has 0 saturated carbocycles. The van der Waals surface area contributed by atoms with Crippen LogP contribution in [0.15, 0.2) is 66.7 Å². The van der Waals surface area contributed by atoms with Gasteiger partial charge >= 0.3 is 0 Å². The Morgan fingerprint density at radius 1 is 0.818 bits per heavy atom. The number of carbonyl (C=O) groups is 1. The van der Waals surface area contributed by atoms with Gasteiger partial charge in [0.25, 0.3) is 0 Å². The first-order valence-corrected chi connectivity index (χ1v) is 10.9. The molecule has 0 aliphatic carbocycles. The molecule has 7 heteroatoms. The highest BCUT2D eigenvalue weighted by atomic mass is 19.1. The maximum absolute atomic E-state index is 13.5. The Balaban J connectivity index is 1.41. The van der Waals surface area contributed by atoms with Gasteiger partial charge in [0.2, 0.25) is 5.91 Å². The smallest absolute Gasteiger partial charge is 0.238 e. The Morgan fingerprint density at radius 3 is 1.88 bits per heavy atom. The quantitative estimate of drug-likeness (QED) is 0.585. The monoisotopic (exact) mass is 453 g/mol. The van der Waals surface area contributed by atoms with Gasteiger partial charge in [-0.1, -0.05) is 30.3 Å². The number of piperazine rings is 1. The molecule has 4 nitrogen and oxygen atoms in total. The van der Waals surface area contributed by atoms with E-state index in [-0.39, 0.29) is 30.1 Å². The van der Waals surface area contributed by atoms with Gasteiger partial charge in [-0.05, 0) is 60.0 Å². The topological polar surface area (TPSA) is 35.6 Å². The zero-order valence-corrected chi connectivity index (χ0v) is 18.4. The van der Waals surface area contributed by atoms with Crippen molar-refractivity contribution >= 4 is 11.6 Å². The fourth-order valence-corrected chi connectivity index (χ4v) is 4.21. The fraction of sp³-hybridized carbons (Fsp3) is 0.269. The second-order valence-electron chi connectivity index (χ2n) is 8.33. The number of amides is 1. The zero-order chi connectivity index (χ0) is 23.4. The van der Waals surface area contributed by atoms with E-state index < -0.39 is 5.82 Å². The Morgan fingerprint density at radius 2 is 1.33 bits per heavy atom. The van der Waals surface area contributed by atoms with Crippen LogP contribution in [0.5, 0.6) is 0 Å². The normalized spacial score (nSPS) is 15.1. The van der Waals surface area contributed by atoms with Crippen LogP contribution in [0.3, 0.4) is 0 Å². The van der Waals surface area contributed by atoms with Crippen LogP contribution in [-0.4, -0.2) is 48.4 Å². The number of hydrogen-bond donors (Lipinski definition) is 1. The maximum Gasteiger partial charge on any atom is 0.238 e. The van der Waals surface area contributed by atoms with E-state index in [4.69, 9.17) is 0 Å². The lowest BCUT2D eigenvalue weighted by atomic mass is 9.96. The van der Waals surface area contributed by atoms with Gasteiger partial charge in [-0.25, -0.2) is 13.2 Å². The van der Waals surface area contributed by atoms with E-state index in [1.165, 1.54) is 36.4 Å². The van der Waals surface area contributed by atoms with Crippen molar-refractivity contribution in [2.45, 2.75) is 13.0 Å². The first-order valence-electron chi connectivity index (χ1n) is 10.9. The van der Waals surface area contributed by atoms with Gasteiger partial charge in [-0.2, -0.15) is 0 Å². The van der Waals surface area contributed by atoms with E-state index in [9.17, 15) is 18.0 Å². The molecule has 1 aliphatic rings. The van der Waals surface area contributed by atoms with Crippen LogP contribution in [0.1, 0.15) is 22.7 Å². The predicted molar refractivity (Wildman–Crippen MR) is 122 cm³/mol. The van der Waals surface area contributed by atoms with Crippen molar-refractivity contribution in [3.63, 3.8) is 0 Å². The summed E-state index contributed by atoms with van der Waals surface area (Å²) in [6.45, 7) is 4.72. The number of rotatable bonds is 6. The summed E-state index contributed by atoms with van der Waals surface area (Å²) in [5, 5.41) is 2.79. The van der Waals surface area contributed by atoms with Crippen molar-refractivity contribution in [2.75, 3.05) is 38.0 Å². The number of benzene rings is 3. The molecule has 33 heavy (non-hydrogen) atoms. The molecule has 0 aromatic heterocycles. The van der Waals surface area contributed by atoms with Gasteiger partial charge < -0.3 is 5.32 Å². The summed E-state index contributed by atoms with van der Waals surface area (Å²) in [4.78, 5) is 16.8. The van der Waals surface area contributed by atoms with Crippen LogP contribution in [0.2, 0.25) is 0 Å². The Hall–Kier alpha value is -3.16. The molecule has 1 fully saturated rings. The van der Waals surface area contributed by atoms with E-state index in [0.717, 1.165) is 16.7 Å². The third-order valence-corrected chi connectivity index (χ3v) is 5.98. The lowest BCUT2D eigenvalue weighted by molar-refractivity contribution is -0.117. The molecule has 1 aliphatic heterocycles. The number of aryl methyl sites for hydroxylation is 1. The average molecular weight is 454 g/mol. The highest BCUT2D eigenvalue weighted by Gasteiger charge is 2.27.